The van der Waals surface area contributed by atoms with Gasteiger partial charge in [-0.2, -0.15) is 0 Å². The van der Waals surface area contributed by atoms with Crippen molar-refractivity contribution in [3.63, 3.8) is 0 Å². The maximum Gasteiger partial charge on any atom is -0.147 e. The Bertz CT molecular complexity index is 938. The van der Waals surface area contributed by atoms with Crippen molar-refractivity contribution in [2.75, 3.05) is 28.4 Å². The zero-order valence-electron chi connectivity index (χ0n) is 20.5. The molecular formula is C28H30Cl2O4Te2. The van der Waals surface area contributed by atoms with Crippen LogP contribution in [0.25, 0.3) is 0 Å². The van der Waals surface area contributed by atoms with Crippen LogP contribution in [0, 0.1) is 0 Å². The second-order valence-electron chi connectivity index (χ2n) is 6.91. The van der Waals surface area contributed by atoms with E-state index in [0.717, 1.165) is 23.0 Å². The molecule has 4 nitrogen and oxygen atoms in total. The van der Waals surface area contributed by atoms with Gasteiger partial charge in [0.05, 0.1) is 0 Å². The molecule has 0 fully saturated rings. The van der Waals surface area contributed by atoms with Gasteiger partial charge in [0.25, 0.3) is 0 Å². The van der Waals surface area contributed by atoms with E-state index in [4.69, 9.17) is 18.9 Å². The molecule has 0 amide bonds. The zero-order chi connectivity index (χ0) is 24.2. The van der Waals surface area contributed by atoms with Crippen molar-refractivity contribution in [2.24, 2.45) is 0 Å². The maximum atomic E-state index is 5.15. The largest absolute Gasteiger partial charge is 0.147 e. The Balaban J connectivity index is 0.000000341. The molecule has 192 valence electrons. The van der Waals surface area contributed by atoms with Gasteiger partial charge in [0.15, 0.2) is 0 Å². The van der Waals surface area contributed by atoms with E-state index in [9.17, 15) is 0 Å². The Morgan fingerprint density at radius 3 is 0.639 bits per heavy atom. The number of methoxy groups -OCH3 is 4. The summed E-state index contributed by atoms with van der Waals surface area (Å²) in [6.07, 6.45) is 0. The van der Waals surface area contributed by atoms with Crippen molar-refractivity contribution in [3.05, 3.63) is 97.1 Å². The molecule has 4 rings (SSSR count). The Kier molecular flexibility index (Phi) is 15.8. The van der Waals surface area contributed by atoms with Gasteiger partial charge in [0.1, 0.15) is 0 Å². The molecule has 0 saturated carbocycles. The second-order valence-corrected chi connectivity index (χ2v) is 13.5. The van der Waals surface area contributed by atoms with Crippen molar-refractivity contribution in [1.82, 2.24) is 0 Å². The summed E-state index contributed by atoms with van der Waals surface area (Å²) >= 11 is -0.616. The van der Waals surface area contributed by atoms with Crippen LogP contribution in [-0.4, -0.2) is 70.3 Å². The summed E-state index contributed by atoms with van der Waals surface area (Å²) in [6.45, 7) is 0. The summed E-state index contributed by atoms with van der Waals surface area (Å²) in [5, 5.41) is 0. The normalized spacial score (nSPS) is 9.44. The molecule has 0 bridgehead atoms. The van der Waals surface area contributed by atoms with Crippen molar-refractivity contribution in [1.29, 1.82) is 0 Å². The number of rotatable bonds is 8. The summed E-state index contributed by atoms with van der Waals surface area (Å²) in [4.78, 5) is 0. The monoisotopic (exact) mass is 760 g/mol. The van der Waals surface area contributed by atoms with Crippen LogP contribution in [-0.2, 0) is 0 Å². The number of halogens is 2. The molecule has 8 heteroatoms. The molecule has 0 atom stereocenters. The van der Waals surface area contributed by atoms with Crippen LogP contribution in [0.3, 0.4) is 0 Å². The van der Waals surface area contributed by atoms with Crippen LogP contribution in [0.1, 0.15) is 0 Å². The standard InChI is InChI=1S/2C14H14O2Te.2ClH/c2*1-15-11-3-7-13(8-4-11)17-14-9-5-12(16-2)6-10-14;;/h2*3-10H,1-2H3;2*1H. The topological polar surface area (TPSA) is 36.9 Å². The first kappa shape index (κ1) is 32.3. The van der Waals surface area contributed by atoms with Crippen LogP contribution in [0.2, 0.25) is 0 Å². The van der Waals surface area contributed by atoms with Crippen LogP contribution in [0.4, 0.5) is 0 Å². The molecule has 0 aliphatic rings. The number of benzene rings is 4. The SMILES string of the molecule is COc1ccc([Te]c2ccc(OC)cc2)cc1.COc1ccc([Te]c2ccc(OC)cc2)cc1.Cl.Cl. The molecule has 4 aromatic rings. The first-order chi connectivity index (χ1) is 16.6. The van der Waals surface area contributed by atoms with Crippen molar-refractivity contribution >= 4 is 81.1 Å². The Morgan fingerprint density at radius 1 is 0.333 bits per heavy atom. The minimum atomic E-state index is -0.308. The van der Waals surface area contributed by atoms with E-state index >= 15 is 0 Å². The smallest absolute Gasteiger partial charge is 0.147 e. The van der Waals surface area contributed by atoms with E-state index in [0.29, 0.717) is 0 Å². The molecule has 4 aromatic carbocycles. The average molecular weight is 757 g/mol. The van der Waals surface area contributed by atoms with E-state index in [2.05, 4.69) is 48.5 Å². The summed E-state index contributed by atoms with van der Waals surface area (Å²) in [5.41, 5.74) is 0. The van der Waals surface area contributed by atoms with E-state index in [-0.39, 0.29) is 66.7 Å². The molecule has 0 saturated heterocycles. The maximum absolute atomic E-state index is 5.15. The van der Waals surface area contributed by atoms with Gasteiger partial charge in [0.2, 0.25) is 0 Å². The third-order valence-corrected chi connectivity index (χ3v) is 10.5. The fourth-order valence-corrected chi connectivity index (χ4v) is 7.51. The van der Waals surface area contributed by atoms with Crippen LogP contribution in [0.5, 0.6) is 23.0 Å². The van der Waals surface area contributed by atoms with Gasteiger partial charge in [-0.25, -0.2) is 0 Å². The summed E-state index contributed by atoms with van der Waals surface area (Å²) in [6, 6.07) is 33.3. The molecule has 0 aliphatic heterocycles. The molecule has 0 N–H and O–H groups in total. The summed E-state index contributed by atoms with van der Waals surface area (Å²) in [5.74, 6) is 3.65. The molecule has 0 aliphatic carbocycles. The Hall–Kier alpha value is -1.76. The second kappa shape index (κ2) is 17.7. The molecular weight excluding hydrogens is 726 g/mol. The van der Waals surface area contributed by atoms with Crippen molar-refractivity contribution in [3.8, 4) is 23.0 Å². The fourth-order valence-electron chi connectivity index (χ4n) is 2.85. The molecule has 0 heterocycles. The van der Waals surface area contributed by atoms with Gasteiger partial charge in [-0.05, 0) is 0 Å². The van der Waals surface area contributed by atoms with Gasteiger partial charge in [-0.1, -0.05) is 0 Å². The van der Waals surface area contributed by atoms with Crippen LogP contribution < -0.4 is 33.4 Å². The molecule has 0 unspecified atom stereocenters. The van der Waals surface area contributed by atoms with Gasteiger partial charge < -0.3 is 0 Å². The van der Waals surface area contributed by atoms with Crippen LogP contribution >= 0.6 is 24.8 Å². The summed E-state index contributed by atoms with van der Waals surface area (Å²) in [7, 11) is 6.76. The van der Waals surface area contributed by atoms with E-state index in [1.807, 2.05) is 48.5 Å². The van der Waals surface area contributed by atoms with Crippen molar-refractivity contribution < 1.29 is 18.9 Å². The van der Waals surface area contributed by atoms with Gasteiger partial charge in [-0.15, -0.1) is 24.8 Å². The van der Waals surface area contributed by atoms with E-state index in [1.54, 1.807) is 28.4 Å². The van der Waals surface area contributed by atoms with Crippen LogP contribution in [0.15, 0.2) is 97.1 Å². The Morgan fingerprint density at radius 2 is 0.500 bits per heavy atom. The minimum Gasteiger partial charge on any atom is -0.147 e. The third kappa shape index (κ3) is 10.7. The quantitative estimate of drug-likeness (QED) is 0.258. The van der Waals surface area contributed by atoms with Gasteiger partial charge in [-0.3, -0.25) is 0 Å². The number of hydrogen-bond donors (Lipinski definition) is 0. The average Bonchev–Trinajstić information content (AvgIpc) is 2.91. The predicted molar refractivity (Wildman–Crippen MR) is 157 cm³/mol. The predicted octanol–water partition coefficient (Wildman–Crippen LogP) is 3.56. The zero-order valence-corrected chi connectivity index (χ0v) is 26.8. The van der Waals surface area contributed by atoms with Gasteiger partial charge in [0, 0.05) is 0 Å². The van der Waals surface area contributed by atoms with E-state index < -0.39 is 0 Å². The molecule has 0 aromatic heterocycles. The Labute approximate surface area is 246 Å². The minimum absolute atomic E-state index is 0. The third-order valence-electron chi connectivity index (χ3n) is 4.71. The number of hydrogen-bond acceptors (Lipinski definition) is 4. The molecule has 0 spiro atoms. The molecule has 36 heavy (non-hydrogen) atoms. The molecule has 0 radical (unpaired) electrons. The number of ether oxygens (including phenoxy) is 4. The first-order valence-electron chi connectivity index (χ1n) is 10.6. The first-order valence-corrected chi connectivity index (χ1v) is 15.2. The summed E-state index contributed by atoms with van der Waals surface area (Å²) < 4.78 is 26.2. The van der Waals surface area contributed by atoms with Crippen molar-refractivity contribution in [2.45, 2.75) is 0 Å². The van der Waals surface area contributed by atoms with Gasteiger partial charge >= 0.3 is 224 Å². The fraction of sp³-hybridized carbons (Fsp3) is 0.143. The van der Waals surface area contributed by atoms with E-state index in [1.165, 1.54) is 14.4 Å².